The lowest BCUT2D eigenvalue weighted by Crippen LogP contribution is -2.56. The molecule has 1 aromatic rings. The van der Waals surface area contributed by atoms with Crippen LogP contribution in [0.25, 0.3) is 0 Å². The van der Waals surface area contributed by atoms with E-state index in [0.717, 1.165) is 17.8 Å². The van der Waals surface area contributed by atoms with Gasteiger partial charge in [0.15, 0.2) is 6.61 Å². The lowest BCUT2D eigenvalue weighted by molar-refractivity contribution is -0.128. The maximum Gasteiger partial charge on any atom is 0.344 e. The number of hydrogen-bond donors (Lipinski definition) is 1. The molecule has 1 heterocycles. The van der Waals surface area contributed by atoms with Crippen LogP contribution in [0, 0.1) is 37.0 Å². The van der Waals surface area contributed by atoms with E-state index in [-0.39, 0.29) is 24.0 Å². The number of ether oxygens (including phenoxy) is 1. The minimum atomic E-state index is -0.557. The van der Waals surface area contributed by atoms with Crippen LogP contribution >= 0.6 is 0 Å². The van der Waals surface area contributed by atoms with E-state index in [0.29, 0.717) is 17.0 Å². The molecule has 0 radical (unpaired) electrons. The first kappa shape index (κ1) is 17.6. The molecule has 1 aromatic heterocycles. The summed E-state index contributed by atoms with van der Waals surface area (Å²) in [7, 11) is 0. The predicted octanol–water partition coefficient (Wildman–Crippen LogP) is 3.17. The molecule has 4 aliphatic rings. The third kappa shape index (κ3) is 3.03. The van der Waals surface area contributed by atoms with Gasteiger partial charge in [0.25, 0.3) is 5.91 Å². The Labute approximate surface area is 154 Å². The molecule has 6 nitrogen and oxygen atoms in total. The van der Waals surface area contributed by atoms with Crippen molar-refractivity contribution in [3.05, 3.63) is 17.0 Å². The zero-order valence-electron chi connectivity index (χ0n) is 15.8. The van der Waals surface area contributed by atoms with Gasteiger partial charge in [0, 0.05) is 6.04 Å². The standard InChI is InChI=1S/C20H28N2O4/c1-11-18(12(2)26-22-11)19(24)25-10-17(23)21-13(3)20-7-14-4-15(8-20)6-16(5-14)9-20/h13-16H,4-10H2,1-3H3,(H,21,23)/t13-,14?,15?,16?,20?/m1/s1. The van der Waals surface area contributed by atoms with Gasteiger partial charge in [-0.15, -0.1) is 0 Å². The average Bonchev–Trinajstić information content (AvgIpc) is 2.90. The minimum Gasteiger partial charge on any atom is -0.452 e. The summed E-state index contributed by atoms with van der Waals surface area (Å²) in [6, 6.07) is 0.126. The van der Waals surface area contributed by atoms with Gasteiger partial charge < -0.3 is 14.6 Å². The summed E-state index contributed by atoms with van der Waals surface area (Å²) < 4.78 is 10.2. The van der Waals surface area contributed by atoms with E-state index in [4.69, 9.17) is 9.26 Å². The number of carbonyl (C=O) groups excluding carboxylic acids is 2. The molecule has 4 aliphatic carbocycles. The molecule has 0 saturated heterocycles. The van der Waals surface area contributed by atoms with Crippen molar-refractivity contribution in [1.29, 1.82) is 0 Å². The molecule has 1 N–H and O–H groups in total. The van der Waals surface area contributed by atoms with Gasteiger partial charge in [-0.2, -0.15) is 0 Å². The molecule has 142 valence electrons. The highest BCUT2D eigenvalue weighted by atomic mass is 16.5. The second kappa shape index (κ2) is 6.39. The van der Waals surface area contributed by atoms with E-state index >= 15 is 0 Å². The number of aryl methyl sites for hydroxylation is 2. The molecule has 0 aliphatic heterocycles. The maximum atomic E-state index is 12.4. The van der Waals surface area contributed by atoms with E-state index in [9.17, 15) is 9.59 Å². The SMILES string of the molecule is Cc1noc(C)c1C(=O)OCC(=O)N[C@H](C)C12CC3CC(CC(C3)C1)C2. The first-order valence-corrected chi connectivity index (χ1v) is 9.75. The Kier molecular flexibility index (Phi) is 4.32. The monoisotopic (exact) mass is 360 g/mol. The highest BCUT2D eigenvalue weighted by molar-refractivity contribution is 5.93. The van der Waals surface area contributed by atoms with Gasteiger partial charge in [-0.3, -0.25) is 4.79 Å². The quantitative estimate of drug-likeness (QED) is 0.816. The van der Waals surface area contributed by atoms with Gasteiger partial charge in [0.05, 0.1) is 5.69 Å². The summed E-state index contributed by atoms with van der Waals surface area (Å²) in [6.07, 6.45) is 7.86. The Morgan fingerprint density at radius 3 is 2.27 bits per heavy atom. The minimum absolute atomic E-state index is 0.126. The van der Waals surface area contributed by atoms with Crippen molar-refractivity contribution in [2.75, 3.05) is 6.61 Å². The molecular weight excluding hydrogens is 332 g/mol. The Hall–Kier alpha value is -1.85. The van der Waals surface area contributed by atoms with Crippen molar-refractivity contribution in [3.8, 4) is 0 Å². The summed E-state index contributed by atoms with van der Waals surface area (Å²) in [4.78, 5) is 24.5. The van der Waals surface area contributed by atoms with Crippen molar-refractivity contribution < 1.29 is 18.8 Å². The summed E-state index contributed by atoms with van der Waals surface area (Å²) in [5.41, 5.74) is 1.04. The number of amides is 1. The van der Waals surface area contributed by atoms with Crippen LogP contribution in [0.15, 0.2) is 4.52 Å². The Balaban J connectivity index is 1.33. The number of nitrogens with zero attached hydrogens (tertiary/aromatic N) is 1. The first-order valence-electron chi connectivity index (χ1n) is 9.75. The summed E-state index contributed by atoms with van der Waals surface area (Å²) in [6.45, 7) is 5.20. The zero-order valence-corrected chi connectivity index (χ0v) is 15.8. The van der Waals surface area contributed by atoms with Crippen molar-refractivity contribution in [3.63, 3.8) is 0 Å². The van der Waals surface area contributed by atoms with Crippen molar-refractivity contribution in [2.45, 2.75) is 65.3 Å². The molecule has 0 spiro atoms. The number of nitrogens with one attached hydrogen (secondary N) is 1. The molecule has 1 atom stereocenters. The van der Waals surface area contributed by atoms with Gasteiger partial charge in [-0.1, -0.05) is 5.16 Å². The summed E-state index contributed by atoms with van der Waals surface area (Å²) >= 11 is 0. The second-order valence-electron chi connectivity index (χ2n) is 8.84. The Bertz CT molecular complexity index is 669. The van der Waals surface area contributed by atoms with E-state index in [1.54, 1.807) is 13.8 Å². The van der Waals surface area contributed by atoms with Crippen LogP contribution in [0.1, 0.15) is 67.3 Å². The summed E-state index contributed by atoms with van der Waals surface area (Å²) in [5, 5.41) is 6.85. The third-order valence-electron chi connectivity index (χ3n) is 6.95. The first-order chi connectivity index (χ1) is 12.4. The van der Waals surface area contributed by atoms with Crippen molar-refractivity contribution in [1.82, 2.24) is 10.5 Å². The van der Waals surface area contributed by atoms with Crippen molar-refractivity contribution >= 4 is 11.9 Å². The maximum absolute atomic E-state index is 12.4. The van der Waals surface area contributed by atoms with Crippen LogP contribution in [-0.2, 0) is 9.53 Å². The second-order valence-corrected chi connectivity index (χ2v) is 8.84. The molecule has 4 fully saturated rings. The average molecular weight is 360 g/mol. The molecule has 6 heteroatoms. The fourth-order valence-electron chi connectivity index (χ4n) is 6.12. The Morgan fingerprint density at radius 1 is 1.19 bits per heavy atom. The lowest BCUT2D eigenvalue weighted by atomic mass is 9.48. The highest BCUT2D eigenvalue weighted by Crippen LogP contribution is 2.61. The van der Waals surface area contributed by atoms with Crippen LogP contribution in [0.3, 0.4) is 0 Å². The molecule has 4 saturated carbocycles. The molecule has 1 amide bonds. The van der Waals surface area contributed by atoms with Crippen LogP contribution < -0.4 is 5.32 Å². The van der Waals surface area contributed by atoms with Gasteiger partial charge in [0.2, 0.25) is 0 Å². The van der Waals surface area contributed by atoms with Gasteiger partial charge in [-0.05, 0) is 82.5 Å². The number of rotatable bonds is 5. The normalized spacial score (nSPS) is 33.1. The van der Waals surface area contributed by atoms with E-state index < -0.39 is 5.97 Å². The van der Waals surface area contributed by atoms with E-state index in [1.807, 2.05) is 0 Å². The molecular formula is C20H28N2O4. The van der Waals surface area contributed by atoms with Crippen LogP contribution in [0.2, 0.25) is 0 Å². The molecule has 0 aromatic carbocycles. The highest BCUT2D eigenvalue weighted by Gasteiger charge is 2.53. The van der Waals surface area contributed by atoms with Crippen LogP contribution in [-0.4, -0.2) is 29.7 Å². The Morgan fingerprint density at radius 2 is 1.77 bits per heavy atom. The van der Waals surface area contributed by atoms with Gasteiger partial charge in [-0.25, -0.2) is 4.79 Å². The largest absolute Gasteiger partial charge is 0.452 e. The van der Waals surface area contributed by atoms with Crippen LogP contribution in [0.4, 0.5) is 0 Å². The lowest BCUT2D eigenvalue weighted by Gasteiger charge is -2.59. The fourth-order valence-corrected chi connectivity index (χ4v) is 6.12. The predicted molar refractivity (Wildman–Crippen MR) is 94.5 cm³/mol. The van der Waals surface area contributed by atoms with E-state index in [2.05, 4.69) is 17.4 Å². The zero-order chi connectivity index (χ0) is 18.5. The van der Waals surface area contributed by atoms with Gasteiger partial charge in [0.1, 0.15) is 11.3 Å². The number of hydrogen-bond acceptors (Lipinski definition) is 5. The van der Waals surface area contributed by atoms with Crippen molar-refractivity contribution in [2.24, 2.45) is 23.2 Å². The van der Waals surface area contributed by atoms with E-state index in [1.165, 1.54) is 38.5 Å². The number of carbonyl (C=O) groups is 2. The fraction of sp³-hybridized carbons (Fsp3) is 0.750. The number of aromatic nitrogens is 1. The summed E-state index contributed by atoms with van der Waals surface area (Å²) in [5.74, 6) is 2.16. The third-order valence-corrected chi connectivity index (χ3v) is 6.95. The topological polar surface area (TPSA) is 81.4 Å². The molecule has 26 heavy (non-hydrogen) atoms. The molecule has 5 rings (SSSR count). The number of esters is 1. The van der Waals surface area contributed by atoms with Crippen LogP contribution in [0.5, 0.6) is 0 Å². The molecule has 4 bridgehead atoms. The smallest absolute Gasteiger partial charge is 0.344 e. The molecule has 0 unspecified atom stereocenters. The van der Waals surface area contributed by atoms with Gasteiger partial charge >= 0.3 is 5.97 Å².